The van der Waals surface area contributed by atoms with Crippen molar-refractivity contribution in [2.24, 2.45) is 4.99 Å². The fourth-order valence-corrected chi connectivity index (χ4v) is 3.87. The number of benzene rings is 1. The molecule has 1 aromatic rings. The number of ether oxygens (including phenoxy) is 1. The Hall–Kier alpha value is -1.79. The third kappa shape index (κ3) is 4.68. The van der Waals surface area contributed by atoms with E-state index in [2.05, 4.69) is 22.0 Å². The highest BCUT2D eigenvalue weighted by molar-refractivity contribution is 5.80. The lowest BCUT2D eigenvalue weighted by Gasteiger charge is -2.25. The highest BCUT2D eigenvalue weighted by Crippen LogP contribution is 2.21. The van der Waals surface area contributed by atoms with Crippen molar-refractivity contribution in [3.05, 3.63) is 29.8 Å². The van der Waals surface area contributed by atoms with Crippen molar-refractivity contribution in [3.8, 4) is 5.75 Å². The van der Waals surface area contributed by atoms with E-state index in [1.165, 1.54) is 32.4 Å². The number of likely N-dealkylation sites (tertiary alicyclic amines) is 2. The lowest BCUT2D eigenvalue weighted by Crippen LogP contribution is -2.43. The fourth-order valence-electron chi connectivity index (χ4n) is 3.87. The molecule has 2 fully saturated rings. The fraction of sp³-hybridized carbons (Fsp3) is 0.650. The molecule has 144 valence electrons. The molecular formula is C20H32N4O2. The number of aliphatic imine (C=N–C) groups is 1. The highest BCUT2D eigenvalue weighted by Gasteiger charge is 2.30. The van der Waals surface area contributed by atoms with Crippen molar-refractivity contribution >= 4 is 5.96 Å². The van der Waals surface area contributed by atoms with Gasteiger partial charge >= 0.3 is 0 Å². The molecule has 2 saturated heterocycles. The number of methoxy groups -OCH3 is 1. The minimum absolute atomic E-state index is 0.361. The van der Waals surface area contributed by atoms with E-state index in [1.807, 2.05) is 24.3 Å². The first kappa shape index (κ1) is 19.0. The standard InChI is InChI=1S/C20H32N4O2/c1-3-21-20(24-13-10-17(15-24)23-11-4-5-12-23)22-14-19(25)16-6-8-18(26-2)9-7-16/h6-9,17,19,25H,3-5,10-15H2,1-2H3,(H,21,22). The molecule has 0 aliphatic carbocycles. The molecule has 6 nitrogen and oxygen atoms in total. The third-order valence-electron chi connectivity index (χ3n) is 5.37. The predicted octanol–water partition coefficient (Wildman–Crippen LogP) is 1.86. The van der Waals surface area contributed by atoms with Crippen molar-refractivity contribution in [2.45, 2.75) is 38.3 Å². The van der Waals surface area contributed by atoms with Gasteiger partial charge in [-0.3, -0.25) is 9.89 Å². The average molecular weight is 361 g/mol. The van der Waals surface area contributed by atoms with Crippen molar-refractivity contribution < 1.29 is 9.84 Å². The van der Waals surface area contributed by atoms with E-state index >= 15 is 0 Å². The first-order valence-electron chi connectivity index (χ1n) is 9.80. The van der Waals surface area contributed by atoms with E-state index in [0.717, 1.165) is 36.9 Å². The molecule has 2 unspecified atom stereocenters. The van der Waals surface area contributed by atoms with Crippen LogP contribution in [0, 0.1) is 0 Å². The molecule has 2 atom stereocenters. The van der Waals surface area contributed by atoms with Crippen molar-refractivity contribution in [2.75, 3.05) is 46.4 Å². The molecule has 1 aromatic carbocycles. The van der Waals surface area contributed by atoms with E-state index in [0.29, 0.717) is 12.6 Å². The summed E-state index contributed by atoms with van der Waals surface area (Å²) in [6.45, 7) is 7.83. The number of nitrogens with one attached hydrogen (secondary N) is 1. The molecule has 0 spiro atoms. The van der Waals surface area contributed by atoms with Gasteiger partial charge in [-0.2, -0.15) is 0 Å². The zero-order valence-electron chi connectivity index (χ0n) is 16.0. The summed E-state index contributed by atoms with van der Waals surface area (Å²) < 4.78 is 5.17. The van der Waals surface area contributed by atoms with Crippen LogP contribution in [-0.2, 0) is 0 Å². The monoisotopic (exact) mass is 360 g/mol. The van der Waals surface area contributed by atoms with Crippen LogP contribution in [-0.4, -0.2) is 73.3 Å². The molecule has 0 saturated carbocycles. The van der Waals surface area contributed by atoms with Gasteiger partial charge in [-0.05, 0) is 57.0 Å². The molecule has 2 aliphatic heterocycles. The maximum Gasteiger partial charge on any atom is 0.194 e. The van der Waals surface area contributed by atoms with Gasteiger partial charge in [0.25, 0.3) is 0 Å². The molecule has 6 heteroatoms. The van der Waals surface area contributed by atoms with E-state index < -0.39 is 6.10 Å². The molecule has 0 radical (unpaired) electrons. The Labute approximate surface area is 156 Å². The van der Waals surface area contributed by atoms with Crippen molar-refractivity contribution in [1.82, 2.24) is 15.1 Å². The van der Waals surface area contributed by atoms with Gasteiger partial charge in [-0.25, -0.2) is 0 Å². The first-order valence-corrected chi connectivity index (χ1v) is 9.80. The van der Waals surface area contributed by atoms with Crippen LogP contribution in [0.3, 0.4) is 0 Å². The Balaban J connectivity index is 1.59. The molecule has 0 amide bonds. The molecule has 2 N–H and O–H groups in total. The van der Waals surface area contributed by atoms with E-state index in [-0.39, 0.29) is 0 Å². The lowest BCUT2D eigenvalue weighted by atomic mass is 10.1. The summed E-state index contributed by atoms with van der Waals surface area (Å²) in [5.74, 6) is 1.71. The van der Waals surface area contributed by atoms with Gasteiger partial charge in [0.2, 0.25) is 0 Å². The third-order valence-corrected chi connectivity index (χ3v) is 5.37. The van der Waals surface area contributed by atoms with Crippen LogP contribution < -0.4 is 10.1 Å². The number of nitrogens with zero attached hydrogens (tertiary/aromatic N) is 3. The summed E-state index contributed by atoms with van der Waals surface area (Å²) in [5.41, 5.74) is 0.863. The second-order valence-corrected chi connectivity index (χ2v) is 7.12. The Morgan fingerprint density at radius 3 is 2.65 bits per heavy atom. The average Bonchev–Trinajstić information content (AvgIpc) is 3.36. The number of guanidine groups is 1. The second kappa shape index (κ2) is 9.24. The zero-order valence-corrected chi connectivity index (χ0v) is 16.0. The van der Waals surface area contributed by atoms with Crippen LogP contribution in [0.5, 0.6) is 5.75 Å². The van der Waals surface area contributed by atoms with Gasteiger partial charge < -0.3 is 20.1 Å². The Morgan fingerprint density at radius 2 is 2.00 bits per heavy atom. The maximum atomic E-state index is 10.5. The van der Waals surface area contributed by atoms with Gasteiger partial charge in [0.05, 0.1) is 19.8 Å². The molecule has 2 aliphatic rings. The summed E-state index contributed by atoms with van der Waals surface area (Å²) >= 11 is 0. The zero-order chi connectivity index (χ0) is 18.4. The van der Waals surface area contributed by atoms with Crippen LogP contribution >= 0.6 is 0 Å². The summed E-state index contributed by atoms with van der Waals surface area (Å²) in [6.07, 6.45) is 3.26. The summed E-state index contributed by atoms with van der Waals surface area (Å²) in [6, 6.07) is 8.17. The predicted molar refractivity (Wildman–Crippen MR) is 105 cm³/mol. The van der Waals surface area contributed by atoms with Gasteiger partial charge in [0.15, 0.2) is 5.96 Å². The number of rotatable bonds is 6. The largest absolute Gasteiger partial charge is 0.497 e. The number of aliphatic hydroxyl groups is 1. The summed E-state index contributed by atoms with van der Waals surface area (Å²) in [5, 5.41) is 13.9. The van der Waals surface area contributed by atoms with Crippen LogP contribution in [0.25, 0.3) is 0 Å². The molecule has 26 heavy (non-hydrogen) atoms. The van der Waals surface area contributed by atoms with E-state index in [1.54, 1.807) is 7.11 Å². The minimum Gasteiger partial charge on any atom is -0.497 e. The van der Waals surface area contributed by atoms with E-state index in [4.69, 9.17) is 9.73 Å². The van der Waals surface area contributed by atoms with Crippen LogP contribution in [0.2, 0.25) is 0 Å². The van der Waals surface area contributed by atoms with Crippen LogP contribution in [0.1, 0.15) is 37.9 Å². The Morgan fingerprint density at radius 1 is 1.27 bits per heavy atom. The molecule has 0 bridgehead atoms. The number of hydrogen-bond acceptors (Lipinski definition) is 4. The lowest BCUT2D eigenvalue weighted by molar-refractivity contribution is 0.186. The molecular weight excluding hydrogens is 328 g/mol. The number of aliphatic hydroxyl groups excluding tert-OH is 1. The van der Waals surface area contributed by atoms with Crippen molar-refractivity contribution in [3.63, 3.8) is 0 Å². The number of hydrogen-bond donors (Lipinski definition) is 2. The van der Waals surface area contributed by atoms with Crippen LogP contribution in [0.15, 0.2) is 29.3 Å². The maximum absolute atomic E-state index is 10.5. The van der Waals surface area contributed by atoms with Gasteiger partial charge in [-0.15, -0.1) is 0 Å². The topological polar surface area (TPSA) is 60.3 Å². The quantitative estimate of drug-likeness (QED) is 0.599. The first-order chi connectivity index (χ1) is 12.7. The Kier molecular flexibility index (Phi) is 6.74. The normalized spacial score (nSPS) is 22.7. The van der Waals surface area contributed by atoms with Gasteiger partial charge in [-0.1, -0.05) is 12.1 Å². The van der Waals surface area contributed by atoms with Crippen LogP contribution in [0.4, 0.5) is 0 Å². The highest BCUT2D eigenvalue weighted by atomic mass is 16.5. The molecule has 2 heterocycles. The summed E-state index contributed by atoms with van der Waals surface area (Å²) in [4.78, 5) is 9.67. The Bertz CT molecular complexity index is 584. The minimum atomic E-state index is -0.605. The van der Waals surface area contributed by atoms with Crippen molar-refractivity contribution in [1.29, 1.82) is 0 Å². The van der Waals surface area contributed by atoms with Gasteiger partial charge in [0, 0.05) is 25.7 Å². The van der Waals surface area contributed by atoms with Gasteiger partial charge in [0.1, 0.15) is 5.75 Å². The van der Waals surface area contributed by atoms with E-state index in [9.17, 15) is 5.11 Å². The summed E-state index contributed by atoms with van der Waals surface area (Å²) in [7, 11) is 1.64. The molecule has 0 aromatic heterocycles. The SMILES string of the molecule is CCNC(=NCC(O)c1ccc(OC)cc1)N1CCC(N2CCCC2)C1. The molecule has 3 rings (SSSR count). The smallest absolute Gasteiger partial charge is 0.194 e. The second-order valence-electron chi connectivity index (χ2n) is 7.12.